The van der Waals surface area contributed by atoms with Crippen molar-refractivity contribution >= 4 is 188 Å². The molecule has 5 aliphatic heterocycles. The van der Waals surface area contributed by atoms with E-state index in [0.29, 0.717) is 89.8 Å². The van der Waals surface area contributed by atoms with Gasteiger partial charge >= 0.3 is 5.97 Å². The van der Waals surface area contributed by atoms with Crippen LogP contribution < -0.4 is 85.9 Å². The predicted octanol–water partition coefficient (Wildman–Crippen LogP) is 0.249. The predicted molar refractivity (Wildman–Crippen MR) is 554 cm³/mol. The normalized spacial score (nSPS) is 26.6. The molecule has 5 aromatic carbocycles. The van der Waals surface area contributed by atoms with Crippen LogP contribution in [0.3, 0.4) is 0 Å². The smallest absolute Gasteiger partial charge is 0.305 e. The Morgan fingerprint density at radius 1 is 0.510 bits per heavy atom. The number of carboxylic acid groups (broad SMARTS) is 1. The van der Waals surface area contributed by atoms with Gasteiger partial charge in [-0.1, -0.05) is 82.3 Å². The quantitative estimate of drug-likeness (QED) is 0.0694. The molecule has 0 radical (unpaired) electrons. The topological polar surface area (TPSA) is 630 Å². The van der Waals surface area contributed by atoms with Crippen LogP contribution in [0.4, 0.5) is 17.1 Å². The number of aliphatic hydroxyl groups is 1. The van der Waals surface area contributed by atoms with E-state index >= 15 is 45.0 Å². The summed E-state index contributed by atoms with van der Waals surface area (Å²) < 4.78 is 82.3. The van der Waals surface area contributed by atoms with Crippen LogP contribution in [0.5, 0.6) is 0 Å². The van der Waals surface area contributed by atoms with Crippen molar-refractivity contribution in [3.05, 3.63) is 160 Å². The fourth-order valence-corrected chi connectivity index (χ4v) is 26.2. The number of primary amides is 1. The maximum atomic E-state index is 15.8. The van der Waals surface area contributed by atoms with E-state index in [1.807, 2.05) is 0 Å². The summed E-state index contributed by atoms with van der Waals surface area (Å²) in [5.41, 5.74) is 18.6. The molecule has 0 aliphatic carbocycles. The lowest BCUT2D eigenvalue weighted by molar-refractivity contribution is -0.143. The second-order valence-corrected chi connectivity index (χ2v) is 46.5. The van der Waals surface area contributed by atoms with Crippen LogP contribution in [0.1, 0.15) is 118 Å². The van der Waals surface area contributed by atoms with Gasteiger partial charge in [0.25, 0.3) is 0 Å². The van der Waals surface area contributed by atoms with Gasteiger partial charge in [-0.2, -0.15) is 43.9 Å². The molecule has 0 spiro atoms. The van der Waals surface area contributed by atoms with Crippen molar-refractivity contribution in [1.82, 2.24) is 86.3 Å². The van der Waals surface area contributed by atoms with E-state index in [9.17, 15) is 53.4 Å². The third-order valence-electron chi connectivity index (χ3n) is 25.6. The Morgan fingerprint density at radius 2 is 0.993 bits per heavy atom. The number of carbonyl (C=O) groups excluding carboxylic acids is 13. The number of benzene rings is 5. The number of carbonyl (C=O) groups is 14. The van der Waals surface area contributed by atoms with E-state index < -0.39 is 229 Å². The van der Waals surface area contributed by atoms with E-state index in [0.717, 1.165) is 35.3 Å². The van der Waals surface area contributed by atoms with Gasteiger partial charge in [0, 0.05) is 171 Å². The number of H-pyrrole nitrogens is 2. The van der Waals surface area contributed by atoms with Gasteiger partial charge in [-0.15, -0.1) is 0 Å². The Bertz CT molecular complexity index is 6190. The molecule has 2 aromatic heterocycles. The number of fused-ring (bicyclic) bond motifs is 15. The first kappa shape index (κ1) is 112. The molecule has 7 heterocycles. The Labute approximate surface area is 856 Å². The number of nitrogens with two attached hydrogens (primary N) is 2. The summed E-state index contributed by atoms with van der Waals surface area (Å²) >= 11 is 2.97. The highest BCUT2D eigenvalue weighted by Crippen LogP contribution is 2.32. The van der Waals surface area contributed by atoms with Crippen LogP contribution in [0.25, 0.3) is 21.8 Å². The lowest BCUT2D eigenvalue weighted by Crippen LogP contribution is -2.63. The van der Waals surface area contributed by atoms with E-state index in [-0.39, 0.29) is 125 Å². The molecule has 22 N–H and O–H groups in total. The number of amides is 13. The third-order valence-corrected chi connectivity index (χ3v) is 34.5. The number of carboxylic acids is 1. The van der Waals surface area contributed by atoms with Gasteiger partial charge in [-0.05, 0) is 144 Å². The van der Waals surface area contributed by atoms with E-state index in [4.69, 9.17) is 11.5 Å². The number of aromatic nitrogens is 2. The largest absolute Gasteiger partial charge is 0.481 e. The van der Waals surface area contributed by atoms with Gasteiger partial charge in [0.2, 0.25) is 96.8 Å². The number of anilines is 3. The molecule has 145 heavy (non-hydrogen) atoms. The highest BCUT2D eigenvalue weighted by molar-refractivity contribution is 8.01. The molecule has 13 amide bonds. The van der Waals surface area contributed by atoms with Crippen molar-refractivity contribution in [3.63, 3.8) is 0 Å². The highest BCUT2D eigenvalue weighted by Gasteiger charge is 2.44. The number of thioether (sulfide) groups is 3. The monoisotopic (exact) mass is 2120 g/mol. The minimum atomic E-state index is -4.47. The van der Waals surface area contributed by atoms with Gasteiger partial charge in [-0.25, -0.2) is 25.3 Å². The fraction of sp³-hybridized carbons (Fsp3) is 0.500. The Morgan fingerprint density at radius 3 is 1.50 bits per heavy atom. The average molecular weight is 2120 g/mol. The van der Waals surface area contributed by atoms with Crippen molar-refractivity contribution in [2.45, 2.75) is 204 Å². The molecule has 5 aliphatic rings. The lowest BCUT2D eigenvalue weighted by atomic mass is 9.97. The number of rotatable bonds is 14. The van der Waals surface area contributed by atoms with Crippen molar-refractivity contribution in [2.75, 3.05) is 102 Å². The third kappa shape index (κ3) is 30.6. The summed E-state index contributed by atoms with van der Waals surface area (Å²) in [6.45, 7) is 5.29. The first-order valence-corrected chi connectivity index (χ1v) is 55.9. The molecule has 43 nitrogen and oxygen atoms in total. The average Bonchev–Trinajstić information content (AvgIpc) is 1.81. The summed E-state index contributed by atoms with van der Waals surface area (Å²) in [6, 6.07) is 11.2. The first-order chi connectivity index (χ1) is 69.0. The number of nitrogens with one attached hydrogen (secondary N) is 16. The number of aromatic amines is 2. The van der Waals surface area contributed by atoms with Gasteiger partial charge in [0.05, 0.1) is 47.6 Å². The molecule has 17 unspecified atom stereocenters. The molecule has 49 heteroatoms. The summed E-state index contributed by atoms with van der Waals surface area (Å²) in [4.78, 5) is 212. The molecule has 12 rings (SSSR count). The number of hydrogen-bond donors (Lipinski definition) is 20. The van der Waals surface area contributed by atoms with Gasteiger partial charge in [0.1, 0.15) is 66.5 Å². The van der Waals surface area contributed by atoms with Crippen LogP contribution >= 0.6 is 35.3 Å². The maximum Gasteiger partial charge on any atom is 0.305 e. The molecule has 2 saturated heterocycles. The van der Waals surface area contributed by atoms with Crippen LogP contribution in [0, 0.1) is 11.8 Å². The molecule has 786 valence electrons. The lowest BCUT2D eigenvalue weighted by Gasteiger charge is -2.32. The second kappa shape index (κ2) is 51.4. The number of aliphatic carboxylic acids is 1. The molecule has 0 saturated carbocycles. The minimum absolute atomic E-state index is 0.0108. The number of hydrogen-bond acceptors (Lipinski definition) is 27. The molecule has 2 fully saturated rings. The Balaban J connectivity index is 0.964. The summed E-state index contributed by atoms with van der Waals surface area (Å²) in [5.74, 6) is -18.6. The van der Waals surface area contributed by atoms with Crippen molar-refractivity contribution in [3.8, 4) is 0 Å². The molecule has 17 atom stereocenters. The first-order valence-electron chi connectivity index (χ1n) is 47.9. The van der Waals surface area contributed by atoms with Crippen molar-refractivity contribution in [1.29, 1.82) is 0 Å². The van der Waals surface area contributed by atoms with Gasteiger partial charge in [-0.3, -0.25) is 67.1 Å². The zero-order valence-corrected chi connectivity index (χ0v) is 86.8. The number of para-hydroxylation sites is 2. The molecule has 7 aromatic rings. The van der Waals surface area contributed by atoms with E-state index in [1.165, 1.54) is 34.3 Å². The number of sulfonamides is 2. The second-order valence-electron chi connectivity index (χ2n) is 37.3. The summed E-state index contributed by atoms with van der Waals surface area (Å²) in [7, 11) is -5.98. The fourth-order valence-electron chi connectivity index (χ4n) is 17.8. The van der Waals surface area contributed by atoms with Crippen LogP contribution in [0.15, 0.2) is 116 Å². The minimum Gasteiger partial charge on any atom is -0.481 e. The number of nitrogens with zero attached hydrogens (tertiary/aromatic N) is 4. The van der Waals surface area contributed by atoms with Crippen LogP contribution in [0.2, 0.25) is 0 Å². The summed E-state index contributed by atoms with van der Waals surface area (Å²) in [5, 5.41) is 61.7. The Hall–Kier alpha value is -11.9. The van der Waals surface area contributed by atoms with E-state index in [1.54, 1.807) is 155 Å². The number of aliphatic hydroxyl groups excluding tert-OH is 1. The van der Waals surface area contributed by atoms with Crippen molar-refractivity contribution < 1.29 is 98.4 Å². The van der Waals surface area contributed by atoms with Crippen molar-refractivity contribution in [2.24, 2.45) is 23.3 Å². The maximum absolute atomic E-state index is 15.8. The van der Waals surface area contributed by atoms with Gasteiger partial charge in [0.15, 0.2) is 0 Å². The Kier molecular flexibility index (Phi) is 39.6. The van der Waals surface area contributed by atoms with E-state index in [2.05, 4.69) is 84.4 Å². The summed E-state index contributed by atoms with van der Waals surface area (Å²) in [6.07, 6.45) is -0.00287. The molecular formula is C96H130N22O21S6. The molecular weight excluding hydrogens is 1990 g/mol. The zero-order valence-electron chi connectivity index (χ0n) is 81.9. The highest BCUT2D eigenvalue weighted by atomic mass is 32.2. The SMILES string of the molecule is CNc1cc2cc(c1)CN1Cc3cc(cc(NC)c3)CN3Cc4cc(cc(NC)c4)CN(C2)S(=O)CCSCC(NC(=O)C2CCCC(O)C(NC(=O)C(NC(=O)C(C)N)CSCCS3(=O)=O)C(=O)N2)C(=O)NC(Cc2c[nH]c3ccccc23)C(=O)NC(C(C)C)C(=O)NC(CC(=O)O)C(=O)NCC(=O)NC(Cc2c[nH]c3ccccc23)C(=O)NC(C(C)C)C(=O)N2CCCC2C(=O)NC(C(N)=O)CSCCS1(=O)=O. The standard InChI is InChI=1S/C96H130N22O21S6/c1-53(2)82-94(132)108-74(40-81(121)122)87(125)104-43-80(120)105-72(38-62-41-102-69-17-11-9-15-67(62)69)89(127)113-83(54(3)4)96(134)118-22-14-20-78(118)93(131)109-75(85(98)123)50-141-24-27-144(136,137)116-46-58-29-56(32-64(34-58)99-6)44-115-45-57-30-59(35-65(33-57)100-7)47-117(49-61-31-60(48-116)36-66(37-61)101-8)145(138,139)28-25-142-52-77(110-86(124)55(5)97)92(130)114-84-79(119)21-13-19-71(106-95(84)133)88(126)111-76(51-140-23-26-143(115)135)91(129)107-73(90(128)112-82)39-63-42-103-70-18-12-10-16-68(63)70/h9-12,15-18,29-37,41-42,53-55,71-79,82-84,99-103,119H,13-14,19-28,38-40,43-52,97H2,1-8H3,(H2,98,123)(H,104,125)(H,105,120)(H,106,133)(H,107,129)(H,108,132)(H,109,131)(H,110,124)(H,111,126)(H,112,128)(H,113,127)(H,114,130)(H,121,122). The zero-order chi connectivity index (χ0) is 105. The van der Waals surface area contributed by atoms with Crippen LogP contribution in [-0.4, -0.2) is 306 Å². The van der Waals surface area contributed by atoms with Gasteiger partial charge < -0.3 is 111 Å². The molecule has 12 bridgehead atoms. The van der Waals surface area contributed by atoms with Crippen LogP contribution in [-0.2, 0) is 150 Å².